The summed E-state index contributed by atoms with van der Waals surface area (Å²) in [7, 11) is 0. The molecule has 7 heteroatoms. The van der Waals surface area contributed by atoms with E-state index in [9.17, 15) is 14.0 Å². The van der Waals surface area contributed by atoms with Crippen LogP contribution >= 0.6 is 0 Å². The minimum Gasteiger partial charge on any atom is -0.466 e. The van der Waals surface area contributed by atoms with Crippen LogP contribution in [0.25, 0.3) is 10.9 Å². The summed E-state index contributed by atoms with van der Waals surface area (Å²) in [5.74, 6) is 1.26. The van der Waals surface area contributed by atoms with Gasteiger partial charge in [0.15, 0.2) is 0 Å². The molecule has 1 aliphatic heterocycles. The highest BCUT2D eigenvalue weighted by atomic mass is 19.1. The number of rotatable bonds is 3. The number of piperidine rings is 1. The van der Waals surface area contributed by atoms with Crippen LogP contribution in [0.5, 0.6) is 0 Å². The maximum atomic E-state index is 13.3. The molecule has 0 unspecified atom stereocenters. The third kappa shape index (κ3) is 3.44. The fourth-order valence-corrected chi connectivity index (χ4v) is 3.87. The van der Waals surface area contributed by atoms with Gasteiger partial charge >= 0.3 is 0 Å². The zero-order chi connectivity index (χ0) is 19.8. The van der Waals surface area contributed by atoms with Gasteiger partial charge in [-0.05, 0) is 50.8 Å². The van der Waals surface area contributed by atoms with Crippen molar-refractivity contribution in [2.75, 3.05) is 13.1 Å². The molecule has 0 N–H and O–H groups in total. The van der Waals surface area contributed by atoms with Gasteiger partial charge in [0.1, 0.15) is 17.3 Å². The molecule has 1 saturated heterocycles. The third-order valence-corrected chi connectivity index (χ3v) is 5.42. The molecule has 0 aliphatic carbocycles. The third-order valence-electron chi connectivity index (χ3n) is 5.42. The second kappa shape index (κ2) is 7.22. The van der Waals surface area contributed by atoms with E-state index in [1.165, 1.54) is 24.5 Å². The minimum atomic E-state index is -0.405. The molecule has 146 valence electrons. The van der Waals surface area contributed by atoms with Crippen molar-refractivity contribution in [1.29, 1.82) is 0 Å². The Morgan fingerprint density at radius 1 is 1.25 bits per heavy atom. The van der Waals surface area contributed by atoms with Crippen molar-refractivity contribution < 1.29 is 13.6 Å². The number of likely N-dealkylation sites (tertiary alicyclic amines) is 1. The van der Waals surface area contributed by atoms with Crippen LogP contribution in [0.3, 0.4) is 0 Å². The maximum absolute atomic E-state index is 13.3. The largest absolute Gasteiger partial charge is 0.466 e. The Morgan fingerprint density at radius 3 is 2.68 bits per heavy atom. The first kappa shape index (κ1) is 18.4. The second-order valence-corrected chi connectivity index (χ2v) is 7.43. The SMILES string of the molecule is Cc1cc(C(=O)N2CCC(Cn3cnc4cc(F)ccc4c3=O)CC2)c(C)o1. The standard InChI is InChI=1S/C21H22FN3O3/c1-13-9-18(14(2)28-13)21(27)24-7-5-15(6-8-24)11-25-12-23-19-10-16(22)3-4-17(19)20(25)26/h3-4,9-10,12,15H,5-8,11H2,1-2H3. The molecule has 3 heterocycles. The van der Waals surface area contributed by atoms with E-state index in [0.717, 1.165) is 18.6 Å². The maximum Gasteiger partial charge on any atom is 0.261 e. The van der Waals surface area contributed by atoms with Crippen LogP contribution in [0.15, 0.2) is 39.8 Å². The van der Waals surface area contributed by atoms with Gasteiger partial charge in [-0.1, -0.05) is 0 Å². The summed E-state index contributed by atoms with van der Waals surface area (Å²) in [5.41, 5.74) is 0.832. The summed E-state index contributed by atoms with van der Waals surface area (Å²) in [6.45, 7) is 5.48. The average molecular weight is 383 g/mol. The lowest BCUT2D eigenvalue weighted by Crippen LogP contribution is -2.40. The van der Waals surface area contributed by atoms with E-state index < -0.39 is 5.82 Å². The summed E-state index contributed by atoms with van der Waals surface area (Å²) in [6, 6.07) is 5.81. The van der Waals surface area contributed by atoms with Gasteiger partial charge in [-0.15, -0.1) is 0 Å². The lowest BCUT2D eigenvalue weighted by Gasteiger charge is -2.32. The fraction of sp³-hybridized carbons (Fsp3) is 0.381. The topological polar surface area (TPSA) is 68.3 Å². The molecule has 0 spiro atoms. The highest BCUT2D eigenvalue weighted by molar-refractivity contribution is 5.95. The Kier molecular flexibility index (Phi) is 4.75. The number of aromatic nitrogens is 2. The molecule has 0 atom stereocenters. The molecule has 1 aromatic carbocycles. The van der Waals surface area contributed by atoms with Crippen LogP contribution in [-0.4, -0.2) is 33.4 Å². The van der Waals surface area contributed by atoms with Gasteiger partial charge in [0.2, 0.25) is 0 Å². The minimum absolute atomic E-state index is 0.000588. The summed E-state index contributed by atoms with van der Waals surface area (Å²) in [6.07, 6.45) is 3.12. The average Bonchev–Trinajstić information content (AvgIpc) is 3.02. The van der Waals surface area contributed by atoms with Gasteiger partial charge < -0.3 is 9.32 Å². The van der Waals surface area contributed by atoms with Crippen LogP contribution in [0.4, 0.5) is 4.39 Å². The molecule has 1 aliphatic rings. The normalized spacial score (nSPS) is 15.3. The number of halogens is 1. The van der Waals surface area contributed by atoms with Gasteiger partial charge in [0, 0.05) is 25.7 Å². The van der Waals surface area contributed by atoms with Gasteiger partial charge in [-0.3, -0.25) is 14.2 Å². The molecule has 1 fully saturated rings. The van der Waals surface area contributed by atoms with Gasteiger partial charge in [-0.25, -0.2) is 9.37 Å². The Hall–Kier alpha value is -2.96. The first-order chi connectivity index (χ1) is 13.4. The number of furan rings is 1. The Bertz CT molecular complexity index is 1090. The van der Waals surface area contributed by atoms with Crippen LogP contribution in [-0.2, 0) is 6.54 Å². The zero-order valence-corrected chi connectivity index (χ0v) is 15.9. The molecule has 0 saturated carbocycles. The molecule has 3 aromatic rings. The quantitative estimate of drug-likeness (QED) is 0.696. The molecule has 0 bridgehead atoms. The first-order valence-electron chi connectivity index (χ1n) is 9.43. The fourth-order valence-electron chi connectivity index (χ4n) is 3.87. The van der Waals surface area contributed by atoms with Crippen molar-refractivity contribution in [3.8, 4) is 0 Å². The number of carbonyl (C=O) groups excluding carboxylic acids is 1. The zero-order valence-electron chi connectivity index (χ0n) is 15.9. The Morgan fingerprint density at radius 2 is 2.00 bits per heavy atom. The lowest BCUT2D eigenvalue weighted by molar-refractivity contribution is 0.0680. The van der Waals surface area contributed by atoms with Gasteiger partial charge in [-0.2, -0.15) is 0 Å². The van der Waals surface area contributed by atoms with Crippen molar-refractivity contribution in [3.05, 3.63) is 63.8 Å². The van der Waals surface area contributed by atoms with Crippen LogP contribution in [0, 0.1) is 25.6 Å². The van der Waals surface area contributed by atoms with E-state index in [-0.39, 0.29) is 17.4 Å². The number of hydrogen-bond donors (Lipinski definition) is 0. The molecule has 0 radical (unpaired) electrons. The number of hydrogen-bond acceptors (Lipinski definition) is 4. The summed E-state index contributed by atoms with van der Waals surface area (Å²) in [4.78, 5) is 31.4. The van der Waals surface area contributed by atoms with Crippen LogP contribution < -0.4 is 5.56 Å². The van der Waals surface area contributed by atoms with Gasteiger partial charge in [0.25, 0.3) is 11.5 Å². The summed E-state index contributed by atoms with van der Waals surface area (Å²) in [5, 5.41) is 0.419. The van der Waals surface area contributed by atoms with Crippen molar-refractivity contribution in [2.24, 2.45) is 5.92 Å². The van der Waals surface area contributed by atoms with Crippen molar-refractivity contribution in [1.82, 2.24) is 14.5 Å². The predicted octanol–water partition coefficient (Wildman–Crippen LogP) is 3.30. The van der Waals surface area contributed by atoms with E-state index >= 15 is 0 Å². The molecule has 1 amide bonds. The number of amides is 1. The van der Waals surface area contributed by atoms with E-state index in [4.69, 9.17) is 4.42 Å². The van der Waals surface area contributed by atoms with Crippen molar-refractivity contribution >= 4 is 16.8 Å². The highest BCUT2D eigenvalue weighted by Crippen LogP contribution is 2.23. The highest BCUT2D eigenvalue weighted by Gasteiger charge is 2.26. The van der Waals surface area contributed by atoms with Crippen molar-refractivity contribution in [3.63, 3.8) is 0 Å². The van der Waals surface area contributed by atoms with Crippen molar-refractivity contribution in [2.45, 2.75) is 33.2 Å². The number of fused-ring (bicyclic) bond motifs is 1. The molecule has 28 heavy (non-hydrogen) atoms. The predicted molar refractivity (Wildman–Crippen MR) is 103 cm³/mol. The first-order valence-corrected chi connectivity index (χ1v) is 9.43. The number of aryl methyl sites for hydroxylation is 2. The molecular weight excluding hydrogens is 361 g/mol. The number of nitrogens with zero attached hydrogens (tertiary/aromatic N) is 3. The summed E-state index contributed by atoms with van der Waals surface area (Å²) < 4.78 is 20.4. The van der Waals surface area contributed by atoms with E-state index in [2.05, 4.69) is 4.98 Å². The van der Waals surface area contributed by atoms with E-state index in [1.54, 1.807) is 17.6 Å². The van der Waals surface area contributed by atoms with Crippen LogP contribution in [0.2, 0.25) is 0 Å². The lowest BCUT2D eigenvalue weighted by atomic mass is 9.96. The molecule has 4 rings (SSSR count). The number of benzene rings is 1. The summed E-state index contributed by atoms with van der Waals surface area (Å²) >= 11 is 0. The monoisotopic (exact) mass is 383 g/mol. The Balaban J connectivity index is 1.43. The van der Waals surface area contributed by atoms with E-state index in [0.29, 0.717) is 41.9 Å². The second-order valence-electron chi connectivity index (χ2n) is 7.43. The Labute approximate surface area is 161 Å². The molecule has 6 nitrogen and oxygen atoms in total. The van der Waals surface area contributed by atoms with Crippen LogP contribution in [0.1, 0.15) is 34.7 Å². The van der Waals surface area contributed by atoms with Gasteiger partial charge in [0.05, 0.1) is 22.8 Å². The molecular formula is C21H22FN3O3. The smallest absolute Gasteiger partial charge is 0.261 e. The van der Waals surface area contributed by atoms with E-state index in [1.807, 2.05) is 11.8 Å². The number of carbonyl (C=O) groups is 1. The molecule has 2 aromatic heterocycles.